The van der Waals surface area contributed by atoms with Gasteiger partial charge in [0.15, 0.2) is 5.54 Å². The predicted molar refractivity (Wildman–Crippen MR) is 67.9 cm³/mol. The highest BCUT2D eigenvalue weighted by molar-refractivity contribution is 5.97. The maximum atomic E-state index is 11.6. The maximum Gasteiger partial charge on any atom is 0.331 e. The lowest BCUT2D eigenvalue weighted by atomic mass is 9.62. The fourth-order valence-corrected chi connectivity index (χ4v) is 2.40. The molecule has 0 aliphatic carbocycles. The van der Waals surface area contributed by atoms with Crippen molar-refractivity contribution in [2.45, 2.75) is 52.5 Å². The van der Waals surface area contributed by atoms with Crippen molar-refractivity contribution in [2.75, 3.05) is 0 Å². The van der Waals surface area contributed by atoms with Gasteiger partial charge >= 0.3 is 11.9 Å². The Bertz CT molecular complexity index is 396. The van der Waals surface area contributed by atoms with Crippen LogP contribution in [0.25, 0.3) is 0 Å². The van der Waals surface area contributed by atoms with Gasteiger partial charge in [0.2, 0.25) is 0 Å². The molecule has 2 N–H and O–H groups in total. The normalized spacial score (nSPS) is 32.2. The van der Waals surface area contributed by atoms with Crippen molar-refractivity contribution < 1.29 is 19.8 Å². The Hall–Kier alpha value is -1.39. The molecule has 0 bridgehead atoms. The van der Waals surface area contributed by atoms with Crippen LogP contribution in [0, 0.1) is 10.8 Å². The molecule has 1 aliphatic heterocycles. The largest absolute Gasteiger partial charge is 0.481 e. The highest BCUT2D eigenvalue weighted by atomic mass is 16.4. The van der Waals surface area contributed by atoms with Gasteiger partial charge in [0.1, 0.15) is 5.41 Å². The van der Waals surface area contributed by atoms with Crippen LogP contribution in [0.5, 0.6) is 0 Å². The first-order valence-corrected chi connectivity index (χ1v) is 6.14. The van der Waals surface area contributed by atoms with Gasteiger partial charge in [-0.05, 0) is 24.7 Å². The van der Waals surface area contributed by atoms with Crippen molar-refractivity contribution in [1.82, 2.24) is 0 Å². The zero-order chi connectivity index (χ0) is 14.2. The average Bonchev–Trinajstić information content (AvgIpc) is 2.26. The second-order valence-corrected chi connectivity index (χ2v) is 5.97. The Kier molecular flexibility index (Phi) is 3.56. The molecule has 5 nitrogen and oxygen atoms in total. The Labute approximate surface area is 107 Å². The van der Waals surface area contributed by atoms with Gasteiger partial charge in [0.05, 0.1) is 0 Å². The molecule has 0 saturated carbocycles. The summed E-state index contributed by atoms with van der Waals surface area (Å²) in [5, 5.41) is 18.7. The summed E-state index contributed by atoms with van der Waals surface area (Å²) in [4.78, 5) is 26.9. The van der Waals surface area contributed by atoms with Crippen LogP contribution >= 0.6 is 0 Å². The molecule has 0 aromatic rings. The number of aliphatic imine (C=N–C) groups is 1. The Morgan fingerprint density at radius 1 is 1.22 bits per heavy atom. The highest BCUT2D eigenvalue weighted by Gasteiger charge is 2.53. The molecule has 0 spiro atoms. The first kappa shape index (κ1) is 14.7. The van der Waals surface area contributed by atoms with E-state index in [1.807, 2.05) is 20.8 Å². The van der Waals surface area contributed by atoms with E-state index in [0.717, 1.165) is 0 Å². The van der Waals surface area contributed by atoms with Crippen molar-refractivity contribution in [1.29, 1.82) is 0 Å². The van der Waals surface area contributed by atoms with Gasteiger partial charge in [-0.3, -0.25) is 9.79 Å². The number of carboxylic acid groups (broad SMARTS) is 2. The number of hydrogen-bond acceptors (Lipinski definition) is 3. The first-order chi connectivity index (χ1) is 8.11. The molecule has 0 fully saturated rings. The van der Waals surface area contributed by atoms with E-state index in [1.54, 1.807) is 6.92 Å². The average molecular weight is 255 g/mol. The lowest BCUT2D eigenvalue weighted by molar-refractivity contribution is -0.153. The third-order valence-corrected chi connectivity index (χ3v) is 4.17. The molecule has 102 valence electrons. The molecule has 5 heteroatoms. The molecule has 1 rings (SSSR count). The highest BCUT2D eigenvalue weighted by Crippen LogP contribution is 2.46. The fraction of sp³-hybridized carbons (Fsp3) is 0.769. The molecule has 1 aliphatic rings. The van der Waals surface area contributed by atoms with Crippen LogP contribution in [-0.4, -0.2) is 33.9 Å². The van der Waals surface area contributed by atoms with Crippen LogP contribution in [0.15, 0.2) is 4.99 Å². The van der Waals surface area contributed by atoms with E-state index in [1.165, 1.54) is 6.21 Å². The molecule has 1 heterocycles. The summed E-state index contributed by atoms with van der Waals surface area (Å²) in [5.41, 5.74) is -2.73. The molecule has 0 aromatic heterocycles. The van der Waals surface area contributed by atoms with Gasteiger partial charge in [-0.15, -0.1) is 0 Å². The van der Waals surface area contributed by atoms with Crippen LogP contribution in [0.3, 0.4) is 0 Å². The maximum absolute atomic E-state index is 11.6. The zero-order valence-electron chi connectivity index (χ0n) is 11.4. The molecule has 2 unspecified atom stereocenters. The molecular weight excluding hydrogens is 234 g/mol. The third-order valence-electron chi connectivity index (χ3n) is 4.17. The van der Waals surface area contributed by atoms with Crippen LogP contribution in [0.1, 0.15) is 47.0 Å². The van der Waals surface area contributed by atoms with Crippen molar-refractivity contribution in [3.8, 4) is 0 Å². The first-order valence-electron chi connectivity index (χ1n) is 6.14. The summed E-state index contributed by atoms with van der Waals surface area (Å²) < 4.78 is 0. The van der Waals surface area contributed by atoms with E-state index in [-0.39, 0.29) is 6.42 Å². The molecule has 18 heavy (non-hydrogen) atoms. The molecule has 0 radical (unpaired) electrons. The van der Waals surface area contributed by atoms with Gasteiger partial charge in [-0.1, -0.05) is 27.7 Å². The van der Waals surface area contributed by atoms with Crippen LogP contribution < -0.4 is 0 Å². The van der Waals surface area contributed by atoms with Crippen molar-refractivity contribution in [3.63, 3.8) is 0 Å². The molecule has 2 atom stereocenters. The summed E-state index contributed by atoms with van der Waals surface area (Å²) in [7, 11) is 0. The van der Waals surface area contributed by atoms with E-state index in [2.05, 4.69) is 4.99 Å². The second kappa shape index (κ2) is 4.37. The summed E-state index contributed by atoms with van der Waals surface area (Å²) in [6.07, 6.45) is 2.30. The minimum absolute atomic E-state index is 0.263. The number of nitrogens with zero attached hydrogens (tertiary/aromatic N) is 1. The number of aliphatic carboxylic acids is 2. The van der Waals surface area contributed by atoms with Crippen molar-refractivity contribution in [2.24, 2.45) is 15.8 Å². The monoisotopic (exact) mass is 255 g/mol. The number of rotatable bonds is 3. The van der Waals surface area contributed by atoms with Gasteiger partial charge in [-0.2, -0.15) is 0 Å². The summed E-state index contributed by atoms with van der Waals surface area (Å²) in [5.74, 6) is -1.91. The fourth-order valence-electron chi connectivity index (χ4n) is 2.40. The predicted octanol–water partition coefficient (Wildman–Crippen LogP) is 2.20. The molecule has 0 saturated heterocycles. The number of hydrogen-bond donors (Lipinski definition) is 2. The minimum atomic E-state index is -1.15. The topological polar surface area (TPSA) is 87.0 Å². The van der Waals surface area contributed by atoms with E-state index in [9.17, 15) is 19.8 Å². The SMILES string of the molecule is CCC1(C(=O)O)CCC(C(=O)O)(C(C)(C)C)C=N1. The van der Waals surface area contributed by atoms with Crippen molar-refractivity contribution >= 4 is 18.2 Å². The van der Waals surface area contributed by atoms with Crippen LogP contribution in [0.2, 0.25) is 0 Å². The molecule has 0 amide bonds. The quantitative estimate of drug-likeness (QED) is 0.809. The Morgan fingerprint density at radius 3 is 2.00 bits per heavy atom. The molecular formula is C13H21NO4. The van der Waals surface area contributed by atoms with E-state index in [4.69, 9.17) is 0 Å². The standard InChI is InChI=1S/C13H21NO4/c1-5-13(10(17)18)7-6-12(8-14-13,9(15)16)11(2,3)4/h8H,5-7H2,1-4H3,(H,15,16)(H,17,18). The summed E-state index contributed by atoms with van der Waals surface area (Å²) >= 11 is 0. The van der Waals surface area contributed by atoms with Crippen LogP contribution in [0.4, 0.5) is 0 Å². The van der Waals surface area contributed by atoms with E-state index >= 15 is 0 Å². The van der Waals surface area contributed by atoms with E-state index < -0.39 is 28.3 Å². The van der Waals surface area contributed by atoms with Crippen LogP contribution in [-0.2, 0) is 9.59 Å². The van der Waals surface area contributed by atoms with Gasteiger partial charge in [0, 0.05) is 6.21 Å². The smallest absolute Gasteiger partial charge is 0.331 e. The van der Waals surface area contributed by atoms with E-state index in [0.29, 0.717) is 12.8 Å². The minimum Gasteiger partial charge on any atom is -0.481 e. The number of carboxylic acids is 2. The lowest BCUT2D eigenvalue weighted by Gasteiger charge is -2.43. The molecule has 0 aromatic carbocycles. The number of carbonyl (C=O) groups is 2. The van der Waals surface area contributed by atoms with Gasteiger partial charge in [0.25, 0.3) is 0 Å². The lowest BCUT2D eigenvalue weighted by Crippen LogP contribution is -2.51. The zero-order valence-corrected chi connectivity index (χ0v) is 11.4. The van der Waals surface area contributed by atoms with Crippen molar-refractivity contribution in [3.05, 3.63) is 0 Å². The summed E-state index contributed by atoms with van der Waals surface area (Å²) in [6.45, 7) is 7.28. The summed E-state index contributed by atoms with van der Waals surface area (Å²) in [6, 6.07) is 0. The Morgan fingerprint density at radius 2 is 1.78 bits per heavy atom. The third kappa shape index (κ3) is 2.02. The van der Waals surface area contributed by atoms with Gasteiger partial charge in [-0.25, -0.2) is 4.79 Å². The Balaban J connectivity index is 3.23. The van der Waals surface area contributed by atoms with Gasteiger partial charge < -0.3 is 10.2 Å². The second-order valence-electron chi connectivity index (χ2n) is 5.97.